The molecule has 0 aliphatic carbocycles. The van der Waals surface area contributed by atoms with E-state index in [4.69, 9.17) is 27.7 Å². The van der Waals surface area contributed by atoms with Crippen molar-refractivity contribution in [2.24, 2.45) is 32.9 Å². The zero-order valence-corrected chi connectivity index (χ0v) is 45.8. The Balaban J connectivity index is 1.39. The van der Waals surface area contributed by atoms with Gasteiger partial charge in [0.25, 0.3) is 0 Å². The van der Waals surface area contributed by atoms with Crippen LogP contribution < -0.4 is 60.2 Å². The molecular formula is C56H75N15O11. The molecule has 0 radical (unpaired) electrons. The number of nitrogens with two attached hydrogens (primary N) is 4. The monoisotopic (exact) mass is 1130 g/mol. The number of carboxylic acid groups (broad SMARTS) is 1. The quantitative estimate of drug-likeness (QED) is 0.0303. The number of fused-ring (bicyclic) bond motifs is 2. The molecule has 0 bridgehead atoms. The number of nitrogens with one attached hydrogen (secondary N) is 8. The van der Waals surface area contributed by atoms with Crippen molar-refractivity contribution in [1.29, 1.82) is 0 Å². The van der Waals surface area contributed by atoms with Crippen LogP contribution in [0.2, 0.25) is 0 Å². The first-order valence-corrected chi connectivity index (χ1v) is 27.3. The molecule has 8 amide bonds. The maximum Gasteiger partial charge on any atom is 0.326 e. The maximum atomic E-state index is 15.2. The van der Waals surface area contributed by atoms with Gasteiger partial charge in [-0.2, -0.15) is 0 Å². The minimum absolute atomic E-state index is 0.0195. The summed E-state index contributed by atoms with van der Waals surface area (Å²) in [6.45, 7) is 1.22. The molecule has 2 aliphatic rings. The smallest absolute Gasteiger partial charge is 0.326 e. The van der Waals surface area contributed by atoms with Crippen LogP contribution in [0.1, 0.15) is 81.4 Å². The van der Waals surface area contributed by atoms with Crippen LogP contribution in [0.15, 0.2) is 101 Å². The summed E-state index contributed by atoms with van der Waals surface area (Å²) in [4.78, 5) is 140. The molecule has 0 saturated carbocycles. The summed E-state index contributed by atoms with van der Waals surface area (Å²) < 4.78 is 6.31. The highest BCUT2D eigenvalue weighted by Crippen LogP contribution is 2.25. The lowest BCUT2D eigenvalue weighted by Crippen LogP contribution is -2.60. The Hall–Kier alpha value is -9.07. The first-order chi connectivity index (χ1) is 39.3. The van der Waals surface area contributed by atoms with Crippen LogP contribution in [0.3, 0.4) is 0 Å². The Morgan fingerprint density at radius 2 is 1.35 bits per heavy atom. The van der Waals surface area contributed by atoms with Gasteiger partial charge in [-0.1, -0.05) is 78.9 Å². The molecule has 440 valence electrons. The Labute approximate surface area is 474 Å². The zero-order valence-electron chi connectivity index (χ0n) is 45.8. The number of aliphatic carboxylic acids is 1. The van der Waals surface area contributed by atoms with E-state index in [1.165, 1.54) is 11.8 Å². The third-order valence-corrected chi connectivity index (χ3v) is 13.9. The SMILES string of the molecule is CC(=O)N[C@@H](CCCN=C(N)N)C(=O)N[C@H]1CC(=O)NCCCC[C@@H](C(=O)O)NC(=O)[C@H](Cc2c[nH]c3ccccc23)NC(=O)[C@H](CCCN=C(N)N)NC(=O)[C@@H](Cc2ccccc2)NC(=O)[C@@H]2C[C@@H](OCc3ccccc3)CN2C1=O. The second-order valence-electron chi connectivity index (χ2n) is 20.3. The predicted molar refractivity (Wildman–Crippen MR) is 303 cm³/mol. The lowest BCUT2D eigenvalue weighted by atomic mass is 10.0. The van der Waals surface area contributed by atoms with Gasteiger partial charge in [-0.25, -0.2) is 4.79 Å². The molecule has 2 aliphatic heterocycles. The standard InChI is InChI=1S/C56H75N15O11/c1-33(72)65-40(21-12-24-62-55(57)58)48(74)70-45-29-47(73)61-23-11-10-20-42(54(80)81)67-51(77)44(27-36-30-64-39-19-9-8-18-38(36)39)68-49(75)41(22-13-25-63-56(59)60)66-50(76)43(26-34-14-4-2-5-15-34)69-52(78)46-28-37(31-71(46)53(45)79)82-32-35-16-6-3-7-17-35/h2-9,14-19,30,37,40-46,64H,10-13,20-29,31-32H2,1H3,(H,61,73)(H,65,72)(H,66,76)(H,67,77)(H,68,75)(H,69,78)(H,70,74)(H,80,81)(H4,57,58,62)(H4,59,60,63)/t37-,40+,41+,42+,43-,44+,45+,46+/m1/s1. The van der Waals surface area contributed by atoms with Crippen LogP contribution in [-0.4, -0.2) is 155 Å². The summed E-state index contributed by atoms with van der Waals surface area (Å²) in [5.74, 6) is -8.03. The molecule has 26 nitrogen and oxygen atoms in total. The highest BCUT2D eigenvalue weighted by molar-refractivity contribution is 5.99. The molecule has 3 heterocycles. The summed E-state index contributed by atoms with van der Waals surface area (Å²) >= 11 is 0. The van der Waals surface area contributed by atoms with Crippen molar-refractivity contribution in [3.8, 4) is 0 Å². The number of carbonyl (C=O) groups excluding carboxylic acids is 8. The fourth-order valence-corrected chi connectivity index (χ4v) is 9.75. The number of rotatable bonds is 19. The summed E-state index contributed by atoms with van der Waals surface area (Å²) in [6, 6.07) is 15.2. The molecule has 1 aromatic heterocycles. The number of amides is 8. The van der Waals surface area contributed by atoms with Crippen LogP contribution in [0.25, 0.3) is 10.9 Å². The lowest BCUT2D eigenvalue weighted by molar-refractivity contribution is -0.143. The molecule has 0 unspecified atom stereocenters. The van der Waals surface area contributed by atoms with Crippen LogP contribution >= 0.6 is 0 Å². The second-order valence-corrected chi connectivity index (χ2v) is 20.3. The topological polar surface area (TPSA) is 415 Å². The molecule has 0 spiro atoms. The number of aromatic nitrogens is 1. The minimum Gasteiger partial charge on any atom is -0.480 e. The van der Waals surface area contributed by atoms with E-state index < -0.39 is 108 Å². The van der Waals surface area contributed by atoms with Crippen molar-refractivity contribution >= 4 is 76.0 Å². The molecular weight excluding hydrogens is 1060 g/mol. The average molecular weight is 1130 g/mol. The van der Waals surface area contributed by atoms with Crippen LogP contribution in [0, 0.1) is 0 Å². The summed E-state index contributed by atoms with van der Waals surface area (Å²) in [6.07, 6.45) is 0.494. The van der Waals surface area contributed by atoms with Crippen molar-refractivity contribution in [3.63, 3.8) is 0 Å². The predicted octanol–water partition coefficient (Wildman–Crippen LogP) is -1.05. The van der Waals surface area contributed by atoms with Crippen molar-refractivity contribution < 1.29 is 53.0 Å². The van der Waals surface area contributed by atoms with Gasteiger partial charge in [-0.05, 0) is 67.7 Å². The highest BCUT2D eigenvalue weighted by atomic mass is 16.5. The van der Waals surface area contributed by atoms with E-state index in [1.54, 1.807) is 42.6 Å². The Kier molecular flexibility index (Phi) is 23.5. The van der Waals surface area contributed by atoms with Crippen molar-refractivity contribution in [1.82, 2.24) is 47.1 Å². The third kappa shape index (κ3) is 19.3. The number of hydrogen-bond donors (Lipinski definition) is 13. The number of guanidine groups is 2. The molecule has 26 heteroatoms. The largest absolute Gasteiger partial charge is 0.480 e. The Morgan fingerprint density at radius 3 is 2.04 bits per heavy atom. The van der Waals surface area contributed by atoms with Crippen molar-refractivity contribution in [2.45, 2.75) is 133 Å². The number of para-hydroxylation sites is 1. The Bertz CT molecular complexity index is 2910. The lowest BCUT2D eigenvalue weighted by Gasteiger charge is -2.30. The number of carbonyl (C=O) groups is 9. The number of hydrogen-bond acceptors (Lipinski definition) is 12. The van der Waals surface area contributed by atoms with E-state index in [0.29, 0.717) is 11.1 Å². The molecule has 2 fully saturated rings. The number of carboxylic acids is 1. The van der Waals surface area contributed by atoms with Crippen LogP contribution in [-0.2, 0) is 67.3 Å². The summed E-state index contributed by atoms with van der Waals surface area (Å²) in [5.41, 5.74) is 25.0. The first kappa shape index (κ1) is 62.1. The highest BCUT2D eigenvalue weighted by Gasteiger charge is 2.44. The van der Waals surface area contributed by atoms with Crippen molar-refractivity contribution in [2.75, 3.05) is 26.2 Å². The normalized spacial score (nSPS) is 22.0. The number of ether oxygens (including phenoxy) is 1. The van der Waals surface area contributed by atoms with E-state index in [1.807, 2.05) is 48.5 Å². The van der Waals surface area contributed by atoms with Crippen LogP contribution in [0.4, 0.5) is 0 Å². The van der Waals surface area contributed by atoms with E-state index >= 15 is 9.59 Å². The molecule has 3 aromatic carbocycles. The van der Waals surface area contributed by atoms with Crippen molar-refractivity contribution in [3.05, 3.63) is 108 Å². The van der Waals surface area contributed by atoms with Gasteiger partial charge >= 0.3 is 5.97 Å². The van der Waals surface area contributed by atoms with Gasteiger partial charge in [0.05, 0.1) is 19.1 Å². The van der Waals surface area contributed by atoms with E-state index in [0.717, 1.165) is 16.5 Å². The fourth-order valence-electron chi connectivity index (χ4n) is 9.75. The number of nitrogens with zero attached hydrogens (tertiary/aromatic N) is 3. The minimum atomic E-state index is -1.64. The number of aliphatic imine (C=N–C) groups is 2. The molecule has 4 aromatic rings. The Morgan fingerprint density at radius 1 is 0.744 bits per heavy atom. The van der Waals surface area contributed by atoms with Gasteiger partial charge in [-0.3, -0.25) is 48.3 Å². The number of aromatic amines is 1. The van der Waals surface area contributed by atoms with Gasteiger partial charge in [0.2, 0.25) is 47.3 Å². The molecule has 82 heavy (non-hydrogen) atoms. The number of benzene rings is 3. The number of H-pyrrole nitrogens is 1. The van der Waals surface area contributed by atoms with Gasteiger partial charge in [0.1, 0.15) is 42.3 Å². The molecule has 17 N–H and O–H groups in total. The van der Waals surface area contributed by atoms with Gasteiger partial charge in [0, 0.05) is 69.5 Å². The van der Waals surface area contributed by atoms with E-state index in [-0.39, 0.29) is 109 Å². The summed E-state index contributed by atoms with van der Waals surface area (Å²) in [7, 11) is 0. The molecule has 6 rings (SSSR count). The average Bonchev–Trinajstić information content (AvgIpc) is 4.08. The van der Waals surface area contributed by atoms with E-state index in [9.17, 15) is 38.7 Å². The first-order valence-electron chi connectivity index (χ1n) is 27.3. The maximum absolute atomic E-state index is 15.2. The molecule has 2 saturated heterocycles. The fraction of sp³-hybridized carbons (Fsp3) is 0.446. The summed E-state index contributed by atoms with van der Waals surface area (Å²) in [5, 5.41) is 30.0. The second kappa shape index (κ2) is 31.1. The van der Waals surface area contributed by atoms with E-state index in [2.05, 4.69) is 52.2 Å². The zero-order chi connectivity index (χ0) is 59.1. The van der Waals surface area contributed by atoms with Gasteiger partial charge in [0.15, 0.2) is 11.9 Å². The van der Waals surface area contributed by atoms with Gasteiger partial charge in [-0.15, -0.1) is 0 Å². The van der Waals surface area contributed by atoms with Crippen LogP contribution in [0.5, 0.6) is 0 Å². The van der Waals surface area contributed by atoms with Gasteiger partial charge < -0.3 is 79.9 Å². The molecule has 8 atom stereocenters. The third-order valence-electron chi connectivity index (χ3n) is 13.9.